The second-order valence-corrected chi connectivity index (χ2v) is 6.46. The minimum Gasteiger partial charge on any atom is -0.424 e. The maximum atomic E-state index is 11.3. The molecule has 0 amide bonds. The van der Waals surface area contributed by atoms with E-state index in [1.165, 1.54) is 0 Å². The zero-order chi connectivity index (χ0) is 18.0. The van der Waals surface area contributed by atoms with Gasteiger partial charge in [-0.3, -0.25) is 10.1 Å². The van der Waals surface area contributed by atoms with E-state index < -0.39 is 0 Å². The lowest BCUT2D eigenvalue weighted by molar-refractivity contribution is -0.385. The average molecular weight is 398 g/mol. The summed E-state index contributed by atoms with van der Waals surface area (Å²) in [6.07, 6.45) is 0. The number of nitrogens with zero attached hydrogens (tertiary/aromatic N) is 1. The molecule has 25 heavy (non-hydrogen) atoms. The van der Waals surface area contributed by atoms with Gasteiger partial charge >= 0.3 is 0 Å². The van der Waals surface area contributed by atoms with Crippen molar-refractivity contribution in [3.05, 3.63) is 70.3 Å². The molecule has 0 aliphatic heterocycles. The number of anilines is 2. The molecule has 3 N–H and O–H groups in total. The molecule has 0 aromatic heterocycles. The molecule has 0 saturated carbocycles. The highest BCUT2D eigenvalue weighted by Gasteiger charge is 2.19. The Kier molecular flexibility index (Phi) is 4.94. The highest BCUT2D eigenvalue weighted by atomic mass is 79.9. The lowest BCUT2D eigenvalue weighted by Crippen LogP contribution is -2.35. The lowest BCUT2D eigenvalue weighted by atomic mass is 9.58. The Labute approximate surface area is 154 Å². The van der Waals surface area contributed by atoms with Crippen LogP contribution in [-0.2, 0) is 5.33 Å². The maximum absolute atomic E-state index is 11.3. The number of fused-ring (bicyclic) bond motifs is 1. The van der Waals surface area contributed by atoms with Crippen LogP contribution in [0.5, 0.6) is 0 Å². The van der Waals surface area contributed by atoms with Crippen LogP contribution in [0.25, 0.3) is 10.8 Å². The summed E-state index contributed by atoms with van der Waals surface area (Å²) in [5, 5.41) is 17.2. The van der Waals surface area contributed by atoms with Gasteiger partial charge < -0.3 is 11.0 Å². The molecule has 0 unspecified atom stereocenters. The topological polar surface area (TPSA) is 81.2 Å². The molecule has 0 heterocycles. The van der Waals surface area contributed by atoms with Gasteiger partial charge in [-0.15, -0.1) is 0 Å². The number of rotatable bonds is 5. The Hall–Kier alpha value is -2.54. The summed E-state index contributed by atoms with van der Waals surface area (Å²) in [4.78, 5) is 10.9. The van der Waals surface area contributed by atoms with E-state index >= 15 is 0 Å². The van der Waals surface area contributed by atoms with Crippen LogP contribution < -0.4 is 16.4 Å². The van der Waals surface area contributed by atoms with E-state index in [9.17, 15) is 10.1 Å². The minimum atomic E-state index is -0.345. The number of halogens is 1. The lowest BCUT2D eigenvalue weighted by Gasteiger charge is -2.16. The van der Waals surface area contributed by atoms with Crippen molar-refractivity contribution in [2.24, 2.45) is 0 Å². The van der Waals surface area contributed by atoms with E-state index in [1.807, 2.05) is 49.3 Å². The molecule has 3 rings (SSSR count). The first-order chi connectivity index (χ1) is 12.0. The number of benzene rings is 3. The molecule has 0 spiro atoms. The third-order valence-corrected chi connectivity index (χ3v) is 4.86. The van der Waals surface area contributed by atoms with Gasteiger partial charge in [0, 0.05) is 33.7 Å². The molecule has 0 bridgehead atoms. The fourth-order valence-electron chi connectivity index (χ4n) is 2.94. The van der Waals surface area contributed by atoms with Gasteiger partial charge in [-0.25, -0.2) is 0 Å². The summed E-state index contributed by atoms with van der Waals surface area (Å²) in [5.74, 6) is 0. The van der Waals surface area contributed by atoms with E-state index in [0.717, 1.165) is 21.9 Å². The monoisotopic (exact) mass is 397 g/mol. The standard InChI is InChI=1S/C18H17BBrN3O2/c1-19(14-9-8-13(11-20)17(10-14)23(24)25)22-16-7-3-5-12-4-2-6-15(21)18(12)16/h2-10,22H,11,21H2,1H3. The van der Waals surface area contributed by atoms with Crippen molar-refractivity contribution in [1.82, 2.24) is 0 Å². The number of hydrogen-bond acceptors (Lipinski definition) is 4. The molecule has 3 aromatic rings. The Bertz CT molecular complexity index is 944. The van der Waals surface area contributed by atoms with Gasteiger partial charge in [0.05, 0.1) is 4.92 Å². The summed E-state index contributed by atoms with van der Waals surface area (Å²) in [7, 11) is 0. The zero-order valence-electron chi connectivity index (χ0n) is 13.7. The number of nitro groups is 1. The molecule has 0 aliphatic carbocycles. The normalized spacial score (nSPS) is 10.6. The molecule has 0 fully saturated rings. The van der Waals surface area contributed by atoms with Crippen molar-refractivity contribution in [3.8, 4) is 0 Å². The first-order valence-electron chi connectivity index (χ1n) is 7.88. The van der Waals surface area contributed by atoms with Gasteiger partial charge in [0.2, 0.25) is 0 Å². The SMILES string of the molecule is CB(Nc1cccc2cccc(N)c12)c1ccc(CBr)c([N+](=O)[O-])c1. The number of hydrogen-bond donors (Lipinski definition) is 2. The molecule has 7 heteroatoms. The number of nitrogens with one attached hydrogen (secondary N) is 1. The average Bonchev–Trinajstić information content (AvgIpc) is 2.61. The third kappa shape index (κ3) is 3.46. The molecule has 0 aliphatic rings. The Balaban J connectivity index is 1.97. The molecule has 5 nitrogen and oxygen atoms in total. The third-order valence-electron chi connectivity index (χ3n) is 4.26. The molecule has 3 aromatic carbocycles. The molecule has 0 atom stereocenters. The van der Waals surface area contributed by atoms with Crippen LogP contribution in [-0.4, -0.2) is 11.8 Å². The number of nitro benzene ring substituents is 1. The predicted octanol–water partition coefficient (Wildman–Crippen LogP) is 4.17. The minimum absolute atomic E-state index is 0.103. The van der Waals surface area contributed by atoms with Crippen molar-refractivity contribution in [2.75, 3.05) is 11.0 Å². The van der Waals surface area contributed by atoms with Crippen molar-refractivity contribution >= 4 is 56.1 Å². The zero-order valence-corrected chi connectivity index (χ0v) is 15.3. The maximum Gasteiger partial charge on any atom is 0.283 e. The van der Waals surface area contributed by atoms with Crippen molar-refractivity contribution in [2.45, 2.75) is 12.2 Å². The smallest absolute Gasteiger partial charge is 0.283 e. The fourth-order valence-corrected chi connectivity index (χ4v) is 3.41. The number of nitrogens with two attached hydrogens (primary N) is 1. The van der Waals surface area contributed by atoms with Gasteiger partial charge in [0.15, 0.2) is 0 Å². The van der Waals surface area contributed by atoms with Gasteiger partial charge in [-0.2, -0.15) is 0 Å². The molecule has 0 saturated heterocycles. The van der Waals surface area contributed by atoms with E-state index in [0.29, 0.717) is 16.6 Å². The quantitative estimate of drug-likeness (QED) is 0.222. The first-order valence-corrected chi connectivity index (χ1v) is 9.00. The Morgan fingerprint density at radius 2 is 1.92 bits per heavy atom. The summed E-state index contributed by atoms with van der Waals surface area (Å²) in [6.45, 7) is 1.87. The van der Waals surface area contributed by atoms with Crippen LogP contribution in [0.1, 0.15) is 5.56 Å². The van der Waals surface area contributed by atoms with Crippen molar-refractivity contribution in [1.29, 1.82) is 0 Å². The van der Waals surface area contributed by atoms with Crippen LogP contribution in [0.15, 0.2) is 54.6 Å². The molecular weight excluding hydrogens is 381 g/mol. The highest BCUT2D eigenvalue weighted by molar-refractivity contribution is 9.08. The largest absolute Gasteiger partial charge is 0.424 e. The van der Waals surface area contributed by atoms with Gasteiger partial charge in [-0.1, -0.05) is 59.2 Å². The van der Waals surface area contributed by atoms with Gasteiger partial charge in [0.25, 0.3) is 12.5 Å². The Morgan fingerprint density at radius 3 is 2.60 bits per heavy atom. The van der Waals surface area contributed by atoms with E-state index in [4.69, 9.17) is 5.73 Å². The summed E-state index contributed by atoms with van der Waals surface area (Å²) in [6, 6.07) is 17.1. The Morgan fingerprint density at radius 1 is 1.20 bits per heavy atom. The molecular formula is C18H17BBrN3O2. The van der Waals surface area contributed by atoms with Crippen molar-refractivity contribution in [3.63, 3.8) is 0 Å². The highest BCUT2D eigenvalue weighted by Crippen LogP contribution is 2.29. The predicted molar refractivity (Wildman–Crippen MR) is 109 cm³/mol. The molecule has 126 valence electrons. The number of nitrogen functional groups attached to an aromatic ring is 1. The summed E-state index contributed by atoms with van der Waals surface area (Å²) < 4.78 is 0. The summed E-state index contributed by atoms with van der Waals surface area (Å²) in [5.41, 5.74) is 9.39. The second-order valence-electron chi connectivity index (χ2n) is 5.90. The van der Waals surface area contributed by atoms with Crippen LogP contribution in [0.2, 0.25) is 6.82 Å². The van der Waals surface area contributed by atoms with Crippen LogP contribution in [0, 0.1) is 10.1 Å². The first kappa shape index (κ1) is 17.3. The van der Waals surface area contributed by atoms with E-state index in [2.05, 4.69) is 21.2 Å². The number of alkyl halides is 1. The molecule has 0 radical (unpaired) electrons. The second kappa shape index (κ2) is 7.15. The van der Waals surface area contributed by atoms with Crippen LogP contribution in [0.4, 0.5) is 17.1 Å². The summed E-state index contributed by atoms with van der Waals surface area (Å²) >= 11 is 3.29. The van der Waals surface area contributed by atoms with E-state index in [-0.39, 0.29) is 17.5 Å². The van der Waals surface area contributed by atoms with Crippen LogP contribution >= 0.6 is 15.9 Å². The van der Waals surface area contributed by atoms with Crippen LogP contribution in [0.3, 0.4) is 0 Å². The van der Waals surface area contributed by atoms with Crippen molar-refractivity contribution < 1.29 is 4.92 Å². The van der Waals surface area contributed by atoms with Gasteiger partial charge in [0.1, 0.15) is 0 Å². The van der Waals surface area contributed by atoms with E-state index in [1.54, 1.807) is 12.1 Å². The fraction of sp³-hybridized carbons (Fsp3) is 0.111. The van der Waals surface area contributed by atoms with Gasteiger partial charge in [-0.05, 0) is 23.0 Å².